The van der Waals surface area contributed by atoms with E-state index in [2.05, 4.69) is 0 Å². The van der Waals surface area contributed by atoms with Crippen LogP contribution in [0.3, 0.4) is 0 Å². The van der Waals surface area contributed by atoms with E-state index in [9.17, 15) is 0 Å². The van der Waals surface area contributed by atoms with Gasteiger partial charge in [0.15, 0.2) is 19.0 Å². The Labute approximate surface area is 61.5 Å². The summed E-state index contributed by atoms with van der Waals surface area (Å²) in [6.45, 7) is 1.72. The SMILES string of the molecule is C[P+](CO)(CO)CO.[Cl-]. The molecule has 0 saturated carbocycles. The van der Waals surface area contributed by atoms with Gasteiger partial charge in [-0.25, -0.2) is 0 Å². The third kappa shape index (κ3) is 4.06. The van der Waals surface area contributed by atoms with Crippen molar-refractivity contribution in [2.45, 2.75) is 0 Å². The first kappa shape index (κ1) is 12.3. The molecule has 0 atom stereocenters. The molecule has 0 rings (SSSR count). The molecule has 0 bridgehead atoms. The molecule has 5 heteroatoms. The molecule has 3 N–H and O–H groups in total. The van der Waals surface area contributed by atoms with Crippen LogP contribution in [0.25, 0.3) is 0 Å². The molecule has 0 spiro atoms. The molecule has 58 valence electrons. The van der Waals surface area contributed by atoms with Crippen molar-refractivity contribution in [1.29, 1.82) is 0 Å². The van der Waals surface area contributed by atoms with E-state index < -0.39 is 7.26 Å². The number of aliphatic hydroxyl groups is 3. The second kappa shape index (κ2) is 5.39. The lowest BCUT2D eigenvalue weighted by molar-refractivity contribution is -0.00000432. The highest BCUT2D eigenvalue weighted by molar-refractivity contribution is 7.74. The molecule has 0 unspecified atom stereocenters. The van der Waals surface area contributed by atoms with Gasteiger partial charge in [0.2, 0.25) is 0 Å². The monoisotopic (exact) mass is 174 g/mol. The molecular formula is C4H12ClO3P. The normalized spacial score (nSPS) is 10.7. The number of rotatable bonds is 3. The summed E-state index contributed by atoms with van der Waals surface area (Å²) in [6, 6.07) is 0. The summed E-state index contributed by atoms with van der Waals surface area (Å²) < 4.78 is 0. The molecule has 0 saturated heterocycles. The van der Waals surface area contributed by atoms with Gasteiger partial charge < -0.3 is 27.7 Å². The fourth-order valence-corrected chi connectivity index (χ4v) is 0.402. The first-order valence-corrected chi connectivity index (χ1v) is 5.14. The van der Waals surface area contributed by atoms with Crippen LogP contribution in [-0.2, 0) is 0 Å². The maximum Gasteiger partial charge on any atom is 0.158 e. The van der Waals surface area contributed by atoms with Gasteiger partial charge in [0.05, 0.1) is 13.9 Å². The van der Waals surface area contributed by atoms with Crippen molar-refractivity contribution in [3.63, 3.8) is 0 Å². The molecule has 9 heavy (non-hydrogen) atoms. The minimum Gasteiger partial charge on any atom is -1.00 e. The molecule has 0 aliphatic heterocycles. The summed E-state index contributed by atoms with van der Waals surface area (Å²) in [7, 11) is -1.75. The summed E-state index contributed by atoms with van der Waals surface area (Å²) in [6.07, 6.45) is -0.208. The van der Waals surface area contributed by atoms with Crippen LogP contribution >= 0.6 is 7.26 Å². The van der Waals surface area contributed by atoms with Gasteiger partial charge in [0.25, 0.3) is 0 Å². The fraction of sp³-hybridized carbons (Fsp3) is 1.00. The molecule has 0 aliphatic rings. The van der Waals surface area contributed by atoms with Crippen molar-refractivity contribution < 1.29 is 27.7 Å². The van der Waals surface area contributed by atoms with E-state index >= 15 is 0 Å². The van der Waals surface area contributed by atoms with Gasteiger partial charge in [0.1, 0.15) is 0 Å². The quantitative estimate of drug-likeness (QED) is 0.389. The second-order valence-corrected chi connectivity index (χ2v) is 6.13. The first-order valence-electron chi connectivity index (χ1n) is 2.34. The standard InChI is InChI=1S/C4H12O3P.ClH/c1-8(2-5,3-6)4-7;/h5-7H,2-4H2,1H3;1H/q+1;/p-1. The van der Waals surface area contributed by atoms with Gasteiger partial charge >= 0.3 is 0 Å². The first-order chi connectivity index (χ1) is 3.68. The summed E-state index contributed by atoms with van der Waals surface area (Å²) in [4.78, 5) is 0. The van der Waals surface area contributed by atoms with Crippen LogP contribution < -0.4 is 12.4 Å². The molecule has 0 heterocycles. The largest absolute Gasteiger partial charge is 1.00 e. The maximum atomic E-state index is 8.51. The highest BCUT2D eigenvalue weighted by atomic mass is 35.5. The molecule has 0 amide bonds. The van der Waals surface area contributed by atoms with Crippen LogP contribution in [0.15, 0.2) is 0 Å². The van der Waals surface area contributed by atoms with E-state index in [1.165, 1.54) is 0 Å². The minimum atomic E-state index is -1.75. The van der Waals surface area contributed by atoms with Crippen molar-refractivity contribution in [2.75, 3.05) is 25.7 Å². The van der Waals surface area contributed by atoms with Crippen LogP contribution in [0.1, 0.15) is 0 Å². The molecule has 0 radical (unpaired) electrons. The van der Waals surface area contributed by atoms with E-state index in [-0.39, 0.29) is 31.5 Å². The van der Waals surface area contributed by atoms with E-state index in [1.807, 2.05) is 0 Å². The molecular weight excluding hydrogens is 162 g/mol. The molecule has 0 aliphatic carbocycles. The van der Waals surface area contributed by atoms with Crippen LogP contribution in [-0.4, -0.2) is 41.0 Å². The lowest BCUT2D eigenvalue weighted by atomic mass is 11.6. The molecule has 0 aromatic carbocycles. The number of hydrogen-bond acceptors (Lipinski definition) is 3. The van der Waals surface area contributed by atoms with Gasteiger partial charge in [-0.05, 0) is 0 Å². The summed E-state index contributed by atoms with van der Waals surface area (Å²) in [5.41, 5.74) is 0. The third-order valence-electron chi connectivity index (χ3n) is 1.02. The minimum absolute atomic E-state index is 0. The van der Waals surface area contributed by atoms with Crippen LogP contribution in [0.5, 0.6) is 0 Å². The number of halogens is 1. The van der Waals surface area contributed by atoms with E-state index in [0.29, 0.717) is 0 Å². The van der Waals surface area contributed by atoms with Gasteiger partial charge in [-0.15, -0.1) is 0 Å². The predicted octanol–water partition coefficient (Wildman–Crippen LogP) is -3.51. The van der Waals surface area contributed by atoms with Crippen molar-refractivity contribution in [1.82, 2.24) is 0 Å². The van der Waals surface area contributed by atoms with Crippen molar-refractivity contribution >= 4 is 7.26 Å². The lowest BCUT2D eigenvalue weighted by Crippen LogP contribution is -3.00. The van der Waals surface area contributed by atoms with E-state index in [1.54, 1.807) is 6.66 Å². The van der Waals surface area contributed by atoms with Crippen molar-refractivity contribution in [3.05, 3.63) is 0 Å². The highest BCUT2D eigenvalue weighted by Gasteiger charge is 2.28. The van der Waals surface area contributed by atoms with E-state index in [4.69, 9.17) is 15.3 Å². The Morgan fingerprint density at radius 3 is 1.22 bits per heavy atom. The Kier molecular flexibility index (Phi) is 7.36. The Bertz CT molecular complexity index is 58.6. The maximum absolute atomic E-state index is 8.51. The topological polar surface area (TPSA) is 60.7 Å². The van der Waals surface area contributed by atoms with Gasteiger partial charge in [-0.1, -0.05) is 0 Å². The zero-order valence-electron chi connectivity index (χ0n) is 5.29. The summed E-state index contributed by atoms with van der Waals surface area (Å²) in [5.74, 6) is 0. The van der Waals surface area contributed by atoms with Crippen LogP contribution in [0.4, 0.5) is 0 Å². The van der Waals surface area contributed by atoms with E-state index in [0.717, 1.165) is 0 Å². The predicted molar refractivity (Wildman–Crippen MR) is 34.1 cm³/mol. The Balaban J connectivity index is 0. The Hall–Kier alpha value is 0.600. The summed E-state index contributed by atoms with van der Waals surface area (Å²) in [5, 5.41) is 25.5. The molecule has 3 nitrogen and oxygen atoms in total. The number of hydrogen-bond donors (Lipinski definition) is 3. The third-order valence-corrected chi connectivity index (χ3v) is 3.07. The Morgan fingerprint density at radius 1 is 1.00 bits per heavy atom. The fourth-order valence-electron chi connectivity index (χ4n) is 0.134. The lowest BCUT2D eigenvalue weighted by Gasteiger charge is -2.12. The van der Waals surface area contributed by atoms with Gasteiger partial charge in [0, 0.05) is 0 Å². The average molecular weight is 175 g/mol. The molecule has 0 fully saturated rings. The summed E-state index contributed by atoms with van der Waals surface area (Å²) >= 11 is 0. The average Bonchev–Trinajstić information content (AvgIpc) is 1.87. The van der Waals surface area contributed by atoms with Crippen LogP contribution in [0, 0.1) is 0 Å². The van der Waals surface area contributed by atoms with Gasteiger partial charge in [-0.3, -0.25) is 0 Å². The zero-order valence-corrected chi connectivity index (χ0v) is 6.94. The highest BCUT2D eigenvalue weighted by Crippen LogP contribution is 2.51. The van der Waals surface area contributed by atoms with Gasteiger partial charge in [-0.2, -0.15) is 0 Å². The molecule has 0 aromatic heterocycles. The zero-order chi connectivity index (χ0) is 6.62. The van der Waals surface area contributed by atoms with Crippen LogP contribution in [0.2, 0.25) is 0 Å². The second-order valence-electron chi connectivity index (χ2n) is 2.04. The smallest absolute Gasteiger partial charge is 0.158 e. The van der Waals surface area contributed by atoms with Crippen molar-refractivity contribution in [3.8, 4) is 0 Å². The van der Waals surface area contributed by atoms with Crippen molar-refractivity contribution in [2.24, 2.45) is 0 Å². The molecule has 0 aromatic rings. The Morgan fingerprint density at radius 2 is 1.22 bits per heavy atom. The number of aliphatic hydroxyl groups excluding tert-OH is 3.